The Labute approximate surface area is 284 Å². The summed E-state index contributed by atoms with van der Waals surface area (Å²) in [4.78, 5) is 85.2. The number of likely N-dealkylation sites (N-methyl/N-ethyl adjacent to an activating group) is 3. The lowest BCUT2D eigenvalue weighted by molar-refractivity contribution is -0.144. The molecule has 16 heteroatoms. The van der Waals surface area contributed by atoms with Gasteiger partial charge in [-0.05, 0) is 48.3 Å². The third-order valence-electron chi connectivity index (χ3n) is 4.85. The summed E-state index contributed by atoms with van der Waals surface area (Å²) in [7, 11) is 4.59. The van der Waals surface area contributed by atoms with Crippen molar-refractivity contribution >= 4 is 47.1 Å². The van der Waals surface area contributed by atoms with E-state index < -0.39 is 54.3 Å². The maximum absolute atomic E-state index is 11.6. The van der Waals surface area contributed by atoms with Crippen molar-refractivity contribution in [3.8, 4) is 0 Å². The second-order valence-electron chi connectivity index (χ2n) is 8.18. The molecule has 0 fully saturated rings. The molecule has 0 spiro atoms. The quantitative estimate of drug-likeness (QED) is 0.109. The number of ketones is 3. The minimum absolute atomic E-state index is 0. The number of carbonyl (C=O) groups is 8. The van der Waals surface area contributed by atoms with Gasteiger partial charge in [-0.3, -0.25) is 33.6 Å². The molecule has 0 saturated heterocycles. The van der Waals surface area contributed by atoms with E-state index >= 15 is 0 Å². The number of aliphatic carboxylic acids is 4. The third-order valence-corrected chi connectivity index (χ3v) is 4.85. The lowest BCUT2D eigenvalue weighted by atomic mass is 10.1. The first kappa shape index (κ1) is 74.2. The van der Waals surface area contributed by atoms with E-state index in [4.69, 9.17) is 20.4 Å². The smallest absolute Gasteiger partial charge is 0.326 e. The van der Waals surface area contributed by atoms with Gasteiger partial charge < -0.3 is 41.7 Å². The summed E-state index contributed by atoms with van der Waals surface area (Å²) < 4.78 is 0. The normalized spacial score (nSPS) is 10.8. The van der Waals surface area contributed by atoms with Crippen molar-refractivity contribution in [1.82, 2.24) is 21.3 Å². The molecule has 0 aliphatic rings. The molecule has 0 aromatic heterocycles. The van der Waals surface area contributed by atoms with Crippen molar-refractivity contribution in [1.29, 1.82) is 0 Å². The van der Waals surface area contributed by atoms with Gasteiger partial charge in [0.1, 0.15) is 23.4 Å². The van der Waals surface area contributed by atoms with E-state index in [1.54, 1.807) is 14.1 Å². The average Bonchev–Trinajstić information content (AvgIpc) is 2.80. The Balaban J connectivity index is -0.0000000443. The zero-order valence-electron chi connectivity index (χ0n) is 22.9. The molecule has 0 radical (unpaired) electrons. The minimum Gasteiger partial charge on any atom is -0.481 e. The number of hydrogen-bond donors (Lipinski definition) is 8. The minimum atomic E-state index is -1.35. The summed E-state index contributed by atoms with van der Waals surface area (Å²) in [6.45, 7) is 4.02. The first-order chi connectivity index (χ1) is 17.9. The number of amides is 1. The van der Waals surface area contributed by atoms with Crippen LogP contribution in [0, 0.1) is 0 Å². The zero-order chi connectivity index (χ0) is 31.3. The monoisotopic (exact) mass is 693 g/mol. The van der Waals surface area contributed by atoms with E-state index in [1.807, 2.05) is 0 Å². The standard InChI is InChI=1S/C10H16N2O6.C7H13NO3.C6H11NO3.8CH4/c1-5(13)3-7(10(17)18)12-9(16)6(11-2)4-8(14)15;1-5(9)6(8-2)3-4-7(10)11;1-4(8)5(7-2)3-6(9)10;;;;;;;;/h6-7,11H,3-4H2,1-2H3,(H,12,16)(H,14,15)(H,17,18);6,8H,3-4H2,1-2H3,(H,10,11);5,7H,3H2,1-2H3,(H,9,10);8*1H4. The van der Waals surface area contributed by atoms with Gasteiger partial charge in [-0.1, -0.05) is 59.4 Å². The van der Waals surface area contributed by atoms with Crippen LogP contribution in [-0.4, -0.2) is 113 Å². The van der Waals surface area contributed by atoms with Crippen LogP contribution >= 0.6 is 0 Å². The molecule has 0 bridgehead atoms. The molecule has 4 atom stereocenters. The van der Waals surface area contributed by atoms with Gasteiger partial charge in [0, 0.05) is 12.8 Å². The number of carbonyl (C=O) groups excluding carboxylic acids is 4. The van der Waals surface area contributed by atoms with Crippen molar-refractivity contribution in [3.63, 3.8) is 0 Å². The predicted octanol–water partition coefficient (Wildman–Crippen LogP) is 3.35. The predicted molar refractivity (Wildman–Crippen MR) is 190 cm³/mol. The highest BCUT2D eigenvalue weighted by Gasteiger charge is 2.26. The largest absolute Gasteiger partial charge is 0.481 e. The molecule has 47 heavy (non-hydrogen) atoms. The molecule has 0 aliphatic heterocycles. The van der Waals surface area contributed by atoms with Crippen LogP contribution in [0.2, 0.25) is 0 Å². The van der Waals surface area contributed by atoms with E-state index in [2.05, 4.69) is 21.3 Å². The van der Waals surface area contributed by atoms with Gasteiger partial charge in [0.25, 0.3) is 0 Å². The lowest BCUT2D eigenvalue weighted by Gasteiger charge is -2.18. The number of hydrogen-bond acceptors (Lipinski definition) is 11. The Kier molecular flexibility index (Phi) is 66.7. The fourth-order valence-electron chi connectivity index (χ4n) is 2.70. The Morgan fingerprint density at radius 1 is 0.489 bits per heavy atom. The van der Waals surface area contributed by atoms with Gasteiger partial charge in [0.05, 0.1) is 31.0 Å². The lowest BCUT2D eigenvalue weighted by Crippen LogP contribution is -2.50. The molecule has 16 nitrogen and oxygen atoms in total. The summed E-state index contributed by atoms with van der Waals surface area (Å²) in [6, 6.07) is -3.25. The summed E-state index contributed by atoms with van der Waals surface area (Å²) >= 11 is 0. The topological polar surface area (TPSA) is 266 Å². The zero-order valence-corrected chi connectivity index (χ0v) is 22.9. The molecule has 8 N–H and O–H groups in total. The van der Waals surface area contributed by atoms with E-state index in [9.17, 15) is 38.4 Å². The van der Waals surface area contributed by atoms with Crippen molar-refractivity contribution < 1.29 is 58.8 Å². The summed E-state index contributed by atoms with van der Waals surface area (Å²) in [5.41, 5.74) is 0. The second-order valence-corrected chi connectivity index (χ2v) is 8.18. The Hall–Kier alpha value is -3.76. The van der Waals surface area contributed by atoms with Crippen molar-refractivity contribution in [2.45, 2.75) is 136 Å². The highest BCUT2D eigenvalue weighted by Crippen LogP contribution is 1.99. The van der Waals surface area contributed by atoms with Crippen LogP contribution in [0.3, 0.4) is 0 Å². The molecule has 0 saturated carbocycles. The molecule has 1 amide bonds. The first-order valence-corrected chi connectivity index (χ1v) is 11.6. The molecule has 4 unspecified atom stereocenters. The van der Waals surface area contributed by atoms with Gasteiger partial charge in [-0.25, -0.2) is 4.79 Å². The Morgan fingerprint density at radius 3 is 1.04 bits per heavy atom. The van der Waals surface area contributed by atoms with Crippen molar-refractivity contribution in [2.24, 2.45) is 0 Å². The highest BCUT2D eigenvalue weighted by atomic mass is 16.4. The molecule has 0 aromatic rings. The average molecular weight is 693 g/mol. The number of nitrogens with one attached hydrogen (secondary N) is 4. The number of carboxylic acids is 4. The third kappa shape index (κ3) is 44.4. The van der Waals surface area contributed by atoms with Crippen LogP contribution in [0.5, 0.6) is 0 Å². The van der Waals surface area contributed by atoms with Crippen LogP contribution in [-0.2, 0) is 38.4 Å². The Bertz CT molecular complexity index is 867. The van der Waals surface area contributed by atoms with Crippen LogP contribution in [0.25, 0.3) is 0 Å². The van der Waals surface area contributed by atoms with Crippen LogP contribution < -0.4 is 21.3 Å². The van der Waals surface area contributed by atoms with E-state index in [0.29, 0.717) is 6.42 Å². The van der Waals surface area contributed by atoms with Crippen molar-refractivity contribution in [2.75, 3.05) is 21.1 Å². The fourth-order valence-corrected chi connectivity index (χ4v) is 2.70. The summed E-state index contributed by atoms with van der Waals surface area (Å²) in [5.74, 6) is -5.69. The fraction of sp³-hybridized carbons (Fsp3) is 0.742. The van der Waals surface area contributed by atoms with E-state index in [0.717, 1.165) is 0 Å². The van der Waals surface area contributed by atoms with E-state index in [1.165, 1.54) is 27.8 Å². The molecular formula is C31H72N4O12. The Morgan fingerprint density at radius 2 is 0.830 bits per heavy atom. The van der Waals surface area contributed by atoms with Crippen LogP contribution in [0.4, 0.5) is 0 Å². The maximum Gasteiger partial charge on any atom is 0.326 e. The number of Topliss-reactive ketones (excluding diaryl/α,β-unsaturated/α-hetero) is 3. The van der Waals surface area contributed by atoms with Gasteiger partial charge in [-0.2, -0.15) is 0 Å². The van der Waals surface area contributed by atoms with Gasteiger partial charge in [0.2, 0.25) is 5.91 Å². The maximum atomic E-state index is 11.6. The molecule has 0 aromatic carbocycles. The number of carboxylic acid groups (broad SMARTS) is 4. The molecule has 0 aliphatic carbocycles. The number of rotatable bonds is 17. The van der Waals surface area contributed by atoms with Crippen LogP contribution in [0.1, 0.15) is 112 Å². The highest BCUT2D eigenvalue weighted by molar-refractivity contribution is 5.92. The SMILES string of the molecule is C.C.C.C.C.C.C.C.CNC(CC(=O)O)C(=O)NC(CC(C)=O)C(=O)O.CNC(CC(=O)O)C(C)=O.CNC(CCC(=O)O)C(C)=O. The van der Waals surface area contributed by atoms with Crippen LogP contribution in [0.15, 0.2) is 0 Å². The molecule has 0 rings (SSSR count). The first-order valence-electron chi connectivity index (χ1n) is 11.6. The molecule has 288 valence electrons. The van der Waals surface area contributed by atoms with E-state index in [-0.39, 0.29) is 102 Å². The van der Waals surface area contributed by atoms with Gasteiger partial charge >= 0.3 is 23.9 Å². The van der Waals surface area contributed by atoms with Gasteiger partial charge in [0.15, 0.2) is 0 Å². The van der Waals surface area contributed by atoms with Crippen molar-refractivity contribution in [3.05, 3.63) is 0 Å². The van der Waals surface area contributed by atoms with Gasteiger partial charge in [-0.15, -0.1) is 0 Å². The second kappa shape index (κ2) is 42.2. The summed E-state index contributed by atoms with van der Waals surface area (Å²) in [6.07, 6.45) is -0.572. The summed E-state index contributed by atoms with van der Waals surface area (Å²) in [5, 5.41) is 43.9. The molecule has 0 heterocycles. The molecular weight excluding hydrogens is 620 g/mol.